The summed E-state index contributed by atoms with van der Waals surface area (Å²) in [5, 5.41) is 8.90. The van der Waals surface area contributed by atoms with Crippen LogP contribution in [0.4, 0.5) is 0 Å². The van der Waals surface area contributed by atoms with Gasteiger partial charge in [0.05, 0.1) is 17.5 Å². The van der Waals surface area contributed by atoms with E-state index in [1.165, 1.54) is 19.3 Å². The van der Waals surface area contributed by atoms with Gasteiger partial charge in [0.1, 0.15) is 11.4 Å². The molecule has 0 unspecified atom stereocenters. The molecule has 0 spiro atoms. The molecule has 2 rings (SSSR count). The number of aryl methyl sites for hydroxylation is 1. The Morgan fingerprint density at radius 1 is 1.59 bits per heavy atom. The molecule has 0 fully saturated rings. The minimum Gasteiger partial charge on any atom is -0.477 e. The lowest BCUT2D eigenvalue weighted by molar-refractivity contribution is 0.0693. The highest BCUT2D eigenvalue weighted by Crippen LogP contribution is 2.25. The van der Waals surface area contributed by atoms with Gasteiger partial charge >= 0.3 is 5.97 Å². The topological polar surface area (TPSA) is 96.2 Å². The van der Waals surface area contributed by atoms with Gasteiger partial charge in [0.2, 0.25) is 5.22 Å². The molecule has 0 aliphatic carbocycles. The molecule has 17 heavy (non-hydrogen) atoms. The molecule has 0 radical (unpaired) electrons. The number of hydrogen-bond donors (Lipinski definition) is 2. The van der Waals surface area contributed by atoms with E-state index < -0.39 is 11.5 Å². The summed E-state index contributed by atoms with van der Waals surface area (Å²) < 4.78 is 4.86. The zero-order valence-electron chi connectivity index (χ0n) is 8.65. The Morgan fingerprint density at radius 3 is 2.76 bits per heavy atom. The summed E-state index contributed by atoms with van der Waals surface area (Å²) in [5.74, 6) is -1.14. The van der Waals surface area contributed by atoms with Gasteiger partial charge in [-0.3, -0.25) is 4.79 Å². The summed E-state index contributed by atoms with van der Waals surface area (Å²) in [6, 6.07) is 1.53. The summed E-state index contributed by atoms with van der Waals surface area (Å²) in [5.41, 5.74) is -0.581. The lowest BCUT2D eigenvalue weighted by atomic mass is 10.2. The van der Waals surface area contributed by atoms with Crippen LogP contribution in [0.2, 0.25) is 5.22 Å². The van der Waals surface area contributed by atoms with Crippen molar-refractivity contribution in [1.29, 1.82) is 0 Å². The van der Waals surface area contributed by atoms with E-state index >= 15 is 0 Å². The molecule has 0 atom stereocenters. The Bertz CT molecular complexity index is 644. The number of halogens is 1. The number of hydrogen-bond acceptors (Lipinski definition) is 4. The first-order valence-corrected chi connectivity index (χ1v) is 4.96. The summed E-state index contributed by atoms with van der Waals surface area (Å²) in [4.78, 5) is 28.7. The molecule has 7 heteroatoms. The molecule has 0 aliphatic heterocycles. The number of aromatic nitrogens is 2. The Kier molecular flexibility index (Phi) is 2.72. The molecule has 88 valence electrons. The largest absolute Gasteiger partial charge is 0.477 e. The fraction of sp³-hybridized carbons (Fsp3) is 0.100. The smallest absolute Gasteiger partial charge is 0.343 e. The van der Waals surface area contributed by atoms with Crippen molar-refractivity contribution >= 4 is 17.6 Å². The van der Waals surface area contributed by atoms with E-state index in [1.54, 1.807) is 0 Å². The fourth-order valence-electron chi connectivity index (χ4n) is 1.43. The van der Waals surface area contributed by atoms with Crippen LogP contribution in [0, 0.1) is 6.92 Å². The number of carboxylic acid groups (broad SMARTS) is 1. The highest BCUT2D eigenvalue weighted by Gasteiger charge is 2.17. The van der Waals surface area contributed by atoms with E-state index in [4.69, 9.17) is 21.1 Å². The second-order valence-electron chi connectivity index (χ2n) is 3.29. The van der Waals surface area contributed by atoms with Crippen LogP contribution >= 0.6 is 11.6 Å². The average molecular weight is 255 g/mol. The fourth-order valence-corrected chi connectivity index (χ4v) is 1.63. The first-order chi connectivity index (χ1) is 8.00. The SMILES string of the molecule is Cc1nc(-c2ccoc2Cl)[nH]c(=O)c1C(=O)O. The van der Waals surface area contributed by atoms with Crippen molar-refractivity contribution in [2.45, 2.75) is 6.92 Å². The molecule has 0 saturated heterocycles. The van der Waals surface area contributed by atoms with Gasteiger partial charge in [0.25, 0.3) is 5.56 Å². The Morgan fingerprint density at radius 2 is 2.29 bits per heavy atom. The molecule has 0 saturated carbocycles. The number of aromatic carboxylic acids is 1. The number of H-pyrrole nitrogens is 1. The van der Waals surface area contributed by atoms with Crippen molar-refractivity contribution in [1.82, 2.24) is 9.97 Å². The van der Waals surface area contributed by atoms with Crippen LogP contribution < -0.4 is 5.56 Å². The van der Waals surface area contributed by atoms with Gasteiger partial charge < -0.3 is 14.5 Å². The monoisotopic (exact) mass is 254 g/mol. The number of aromatic amines is 1. The van der Waals surface area contributed by atoms with Gasteiger partial charge in [-0.05, 0) is 24.6 Å². The minimum absolute atomic E-state index is 0.0793. The van der Waals surface area contributed by atoms with Gasteiger partial charge in [-0.2, -0.15) is 0 Å². The van der Waals surface area contributed by atoms with E-state index in [9.17, 15) is 9.59 Å². The van der Waals surface area contributed by atoms with Gasteiger partial charge in [0, 0.05) is 0 Å². The predicted molar refractivity (Wildman–Crippen MR) is 59.3 cm³/mol. The van der Waals surface area contributed by atoms with Gasteiger partial charge in [-0.15, -0.1) is 0 Å². The van der Waals surface area contributed by atoms with E-state index in [0.717, 1.165) is 0 Å². The number of carbonyl (C=O) groups is 1. The van der Waals surface area contributed by atoms with Crippen LogP contribution in [0.1, 0.15) is 16.1 Å². The molecule has 2 aromatic rings. The zero-order chi connectivity index (χ0) is 12.6. The van der Waals surface area contributed by atoms with Crippen LogP contribution in [0.5, 0.6) is 0 Å². The third-order valence-electron chi connectivity index (χ3n) is 2.19. The maximum absolute atomic E-state index is 11.6. The highest BCUT2D eigenvalue weighted by atomic mass is 35.5. The highest BCUT2D eigenvalue weighted by molar-refractivity contribution is 6.31. The third-order valence-corrected chi connectivity index (χ3v) is 2.48. The summed E-state index contributed by atoms with van der Waals surface area (Å²) in [6.07, 6.45) is 1.35. The van der Waals surface area contributed by atoms with Crippen molar-refractivity contribution in [3.63, 3.8) is 0 Å². The number of rotatable bonds is 2. The lowest BCUT2D eigenvalue weighted by Crippen LogP contribution is -2.21. The molecule has 0 aromatic carbocycles. The standard InChI is InChI=1S/C10H7ClN2O4/c1-4-6(10(15)16)9(14)13-8(12-4)5-2-3-17-7(5)11/h2-3H,1H3,(H,15,16)(H,12,13,14). The number of nitrogens with zero attached hydrogens (tertiary/aromatic N) is 1. The number of nitrogens with one attached hydrogen (secondary N) is 1. The molecule has 2 N–H and O–H groups in total. The molecule has 0 amide bonds. The molecular formula is C10H7ClN2O4. The average Bonchev–Trinajstić information content (AvgIpc) is 2.62. The second kappa shape index (κ2) is 4.06. The molecule has 0 aliphatic rings. The predicted octanol–water partition coefficient (Wildman–Crippen LogP) is 1.69. The minimum atomic E-state index is -1.32. The Hall–Kier alpha value is -2.08. The maximum Gasteiger partial charge on any atom is 0.343 e. The van der Waals surface area contributed by atoms with Crippen molar-refractivity contribution < 1.29 is 14.3 Å². The van der Waals surface area contributed by atoms with Gasteiger partial charge in [-0.25, -0.2) is 9.78 Å². The van der Waals surface area contributed by atoms with Crippen molar-refractivity contribution in [2.75, 3.05) is 0 Å². The molecule has 2 aromatic heterocycles. The van der Waals surface area contributed by atoms with E-state index in [0.29, 0.717) is 5.56 Å². The van der Waals surface area contributed by atoms with Gasteiger partial charge in [0.15, 0.2) is 0 Å². The van der Waals surface area contributed by atoms with Crippen LogP contribution in [-0.2, 0) is 0 Å². The Labute approximate surface area is 99.9 Å². The van der Waals surface area contributed by atoms with Crippen molar-refractivity contribution in [2.24, 2.45) is 0 Å². The second-order valence-corrected chi connectivity index (χ2v) is 3.63. The van der Waals surface area contributed by atoms with Crippen LogP contribution in [0.15, 0.2) is 21.5 Å². The summed E-state index contributed by atoms with van der Waals surface area (Å²) in [6.45, 7) is 1.44. The molecule has 0 bridgehead atoms. The van der Waals surface area contributed by atoms with Gasteiger partial charge in [-0.1, -0.05) is 0 Å². The zero-order valence-corrected chi connectivity index (χ0v) is 9.41. The number of carboxylic acids is 1. The van der Waals surface area contributed by atoms with E-state index in [-0.39, 0.29) is 22.3 Å². The lowest BCUT2D eigenvalue weighted by Gasteiger charge is -2.02. The maximum atomic E-state index is 11.6. The van der Waals surface area contributed by atoms with Crippen LogP contribution in [-0.4, -0.2) is 21.0 Å². The van der Waals surface area contributed by atoms with E-state index in [1.807, 2.05) is 0 Å². The molecule has 6 nitrogen and oxygen atoms in total. The summed E-state index contributed by atoms with van der Waals surface area (Å²) >= 11 is 5.74. The van der Waals surface area contributed by atoms with Crippen molar-refractivity contribution in [3.05, 3.63) is 39.2 Å². The number of furan rings is 1. The van der Waals surface area contributed by atoms with E-state index in [2.05, 4.69) is 9.97 Å². The van der Waals surface area contributed by atoms with Crippen LogP contribution in [0.3, 0.4) is 0 Å². The third kappa shape index (κ3) is 1.94. The van der Waals surface area contributed by atoms with Crippen molar-refractivity contribution in [3.8, 4) is 11.4 Å². The quantitative estimate of drug-likeness (QED) is 0.850. The first-order valence-electron chi connectivity index (χ1n) is 4.58. The summed E-state index contributed by atoms with van der Waals surface area (Å²) in [7, 11) is 0. The normalized spacial score (nSPS) is 10.5. The first kappa shape index (κ1) is 11.4. The van der Waals surface area contributed by atoms with Crippen LogP contribution in [0.25, 0.3) is 11.4 Å². The molecular weight excluding hydrogens is 248 g/mol. The Balaban J connectivity index is 2.65. The molecule has 2 heterocycles.